The van der Waals surface area contributed by atoms with E-state index >= 15 is 0 Å². The number of unbranched alkanes of at least 4 members (excludes halogenated alkanes) is 24. The summed E-state index contributed by atoms with van der Waals surface area (Å²) >= 11 is 0. The van der Waals surface area contributed by atoms with Gasteiger partial charge in [0.2, 0.25) is 0 Å². The third kappa shape index (κ3) is 38.8. The van der Waals surface area contributed by atoms with Gasteiger partial charge in [-0.05, 0) is 89.4 Å². The second kappa shape index (κ2) is 44.0. The van der Waals surface area contributed by atoms with Crippen molar-refractivity contribution >= 4 is 18.0 Å². The summed E-state index contributed by atoms with van der Waals surface area (Å²) in [7, 11) is 0. The number of benzene rings is 1. The normalized spacial score (nSPS) is 11.4. The fourth-order valence-electron chi connectivity index (χ4n) is 8.00. The van der Waals surface area contributed by atoms with Crippen LogP contribution in [0.5, 0.6) is 0 Å². The number of carbonyl (C=O) groups is 3. The molecular weight excluding hydrogens is 761 g/mol. The number of nitrogens with one attached hydrogen (secondary N) is 1. The van der Waals surface area contributed by atoms with Gasteiger partial charge in [0.25, 0.3) is 0 Å². The number of ether oxygens (including phenoxy) is 3. The summed E-state index contributed by atoms with van der Waals surface area (Å²) in [6.45, 7) is 11.2. The van der Waals surface area contributed by atoms with Crippen LogP contribution < -0.4 is 5.32 Å². The van der Waals surface area contributed by atoms with Crippen molar-refractivity contribution in [1.82, 2.24) is 10.2 Å². The summed E-state index contributed by atoms with van der Waals surface area (Å²) < 4.78 is 16.9. The van der Waals surface area contributed by atoms with Crippen LogP contribution in [-0.4, -0.2) is 61.8 Å². The van der Waals surface area contributed by atoms with Crippen molar-refractivity contribution < 1.29 is 28.6 Å². The SMILES string of the molecule is CCCCCCCCCOC(=O)CCCCCCCN(CCCCCCCC(=O)OC(CCCCCCCC)CCCCCCCC)CCCNC(=O)OCc1ccccc1. The van der Waals surface area contributed by atoms with Crippen LogP contribution in [0.2, 0.25) is 0 Å². The van der Waals surface area contributed by atoms with Crippen LogP contribution in [0.15, 0.2) is 30.3 Å². The van der Waals surface area contributed by atoms with Crippen LogP contribution in [0.3, 0.4) is 0 Å². The largest absolute Gasteiger partial charge is 0.466 e. The topological polar surface area (TPSA) is 94.2 Å². The molecule has 61 heavy (non-hydrogen) atoms. The molecule has 1 aromatic carbocycles. The van der Waals surface area contributed by atoms with Crippen LogP contribution in [-0.2, 0) is 30.4 Å². The Morgan fingerprint density at radius 2 is 0.934 bits per heavy atom. The first-order valence-electron chi connectivity index (χ1n) is 26.0. The Hall–Kier alpha value is -2.61. The summed E-state index contributed by atoms with van der Waals surface area (Å²) in [6.07, 6.45) is 38.4. The number of hydrogen-bond donors (Lipinski definition) is 1. The quantitative estimate of drug-likeness (QED) is 0.0397. The van der Waals surface area contributed by atoms with Crippen molar-refractivity contribution in [2.75, 3.05) is 32.8 Å². The molecule has 0 atom stereocenters. The molecular formula is C53H96N2O6. The molecule has 0 aliphatic carbocycles. The van der Waals surface area contributed by atoms with E-state index in [9.17, 15) is 14.4 Å². The fourth-order valence-corrected chi connectivity index (χ4v) is 8.00. The summed E-state index contributed by atoms with van der Waals surface area (Å²) in [5, 5.41) is 2.92. The Balaban J connectivity index is 2.36. The molecule has 1 aromatic rings. The van der Waals surface area contributed by atoms with Crippen molar-refractivity contribution in [3.05, 3.63) is 35.9 Å². The van der Waals surface area contributed by atoms with Crippen molar-refractivity contribution in [3.63, 3.8) is 0 Å². The number of amides is 1. The van der Waals surface area contributed by atoms with Gasteiger partial charge in [0.1, 0.15) is 12.7 Å². The number of rotatable bonds is 45. The van der Waals surface area contributed by atoms with E-state index in [1.54, 1.807) is 0 Å². The highest BCUT2D eigenvalue weighted by Crippen LogP contribution is 2.19. The van der Waals surface area contributed by atoms with Crippen molar-refractivity contribution in [3.8, 4) is 0 Å². The molecule has 0 unspecified atom stereocenters. The Kier molecular flexibility index (Phi) is 40.7. The minimum atomic E-state index is -0.368. The monoisotopic (exact) mass is 857 g/mol. The smallest absolute Gasteiger partial charge is 0.407 e. The van der Waals surface area contributed by atoms with Gasteiger partial charge in [-0.15, -0.1) is 0 Å². The summed E-state index contributed by atoms with van der Waals surface area (Å²) in [4.78, 5) is 39.8. The Bertz CT molecular complexity index is 1100. The molecule has 8 nitrogen and oxygen atoms in total. The van der Waals surface area contributed by atoms with E-state index < -0.39 is 0 Å². The molecule has 0 saturated carbocycles. The van der Waals surface area contributed by atoms with Gasteiger partial charge in [0.15, 0.2) is 0 Å². The predicted molar refractivity (Wildman–Crippen MR) is 256 cm³/mol. The lowest BCUT2D eigenvalue weighted by molar-refractivity contribution is -0.150. The van der Waals surface area contributed by atoms with Gasteiger partial charge in [-0.1, -0.05) is 192 Å². The molecule has 0 aliphatic rings. The second-order valence-corrected chi connectivity index (χ2v) is 17.8. The molecule has 0 aromatic heterocycles. The maximum Gasteiger partial charge on any atom is 0.407 e. The van der Waals surface area contributed by atoms with Crippen molar-refractivity contribution in [1.29, 1.82) is 0 Å². The number of alkyl carbamates (subject to hydrolysis) is 1. The van der Waals surface area contributed by atoms with Crippen molar-refractivity contribution in [2.45, 2.75) is 252 Å². The molecule has 0 aliphatic heterocycles. The maximum absolute atomic E-state index is 12.9. The minimum Gasteiger partial charge on any atom is -0.466 e. The van der Waals surface area contributed by atoms with E-state index in [-0.39, 0.29) is 30.7 Å². The fraction of sp³-hybridized carbons (Fsp3) is 0.830. The third-order valence-electron chi connectivity index (χ3n) is 11.9. The van der Waals surface area contributed by atoms with E-state index in [1.807, 2.05) is 30.3 Å². The van der Waals surface area contributed by atoms with Gasteiger partial charge in [-0.3, -0.25) is 9.59 Å². The van der Waals surface area contributed by atoms with Crippen LogP contribution in [0, 0.1) is 0 Å². The Morgan fingerprint density at radius 1 is 0.492 bits per heavy atom. The van der Waals surface area contributed by atoms with E-state index in [2.05, 4.69) is 31.0 Å². The van der Waals surface area contributed by atoms with Gasteiger partial charge in [0, 0.05) is 19.4 Å². The van der Waals surface area contributed by atoms with Gasteiger partial charge < -0.3 is 24.4 Å². The Morgan fingerprint density at radius 3 is 1.48 bits per heavy atom. The first kappa shape index (κ1) is 56.4. The van der Waals surface area contributed by atoms with Crippen molar-refractivity contribution in [2.24, 2.45) is 0 Å². The first-order valence-corrected chi connectivity index (χ1v) is 26.0. The molecule has 1 amide bonds. The molecule has 0 bridgehead atoms. The predicted octanol–water partition coefficient (Wildman–Crippen LogP) is 15.0. The number of esters is 2. The average molecular weight is 857 g/mol. The van der Waals surface area contributed by atoms with E-state index in [4.69, 9.17) is 14.2 Å². The molecule has 0 fully saturated rings. The summed E-state index contributed by atoms with van der Waals surface area (Å²) in [6, 6.07) is 9.76. The maximum atomic E-state index is 12.9. The molecule has 0 heterocycles. The number of hydrogen-bond acceptors (Lipinski definition) is 7. The zero-order chi connectivity index (χ0) is 44.1. The third-order valence-corrected chi connectivity index (χ3v) is 11.9. The second-order valence-electron chi connectivity index (χ2n) is 17.8. The van der Waals surface area contributed by atoms with Gasteiger partial charge in [0.05, 0.1) is 6.61 Å². The van der Waals surface area contributed by atoms with E-state index in [1.165, 1.54) is 109 Å². The molecule has 0 radical (unpaired) electrons. The lowest BCUT2D eigenvalue weighted by Gasteiger charge is -2.22. The van der Waals surface area contributed by atoms with Crippen LogP contribution >= 0.6 is 0 Å². The highest BCUT2D eigenvalue weighted by molar-refractivity contribution is 5.69. The van der Waals surface area contributed by atoms with E-state index in [0.29, 0.717) is 26.0 Å². The zero-order valence-corrected chi connectivity index (χ0v) is 40.1. The van der Waals surface area contributed by atoms with Gasteiger partial charge in [-0.2, -0.15) is 0 Å². The first-order chi connectivity index (χ1) is 30.0. The molecule has 1 rings (SSSR count). The molecule has 354 valence electrons. The molecule has 0 saturated heterocycles. The average Bonchev–Trinajstić information content (AvgIpc) is 3.26. The molecule has 8 heteroatoms. The minimum absolute atomic E-state index is 0.00410. The Labute approximate surface area is 376 Å². The van der Waals surface area contributed by atoms with Gasteiger partial charge >= 0.3 is 18.0 Å². The zero-order valence-electron chi connectivity index (χ0n) is 40.1. The number of nitrogens with zero attached hydrogens (tertiary/aromatic N) is 1. The lowest BCUT2D eigenvalue weighted by Crippen LogP contribution is -2.31. The highest BCUT2D eigenvalue weighted by atomic mass is 16.6. The van der Waals surface area contributed by atoms with Crippen LogP contribution in [0.1, 0.15) is 245 Å². The number of carbonyl (C=O) groups excluding carboxylic acids is 3. The van der Waals surface area contributed by atoms with E-state index in [0.717, 1.165) is 122 Å². The lowest BCUT2D eigenvalue weighted by atomic mass is 10.0. The molecule has 0 spiro atoms. The van der Waals surface area contributed by atoms with Crippen LogP contribution in [0.4, 0.5) is 4.79 Å². The molecule has 1 N–H and O–H groups in total. The standard InChI is InChI=1S/C53H96N2O6/c1-4-7-10-13-16-25-35-47-59-51(56)41-31-21-17-23-33-44-55(46-36-43-54-53(58)60-48-49-37-27-26-28-38-49)45-34-24-18-22-32-42-52(57)61-50(39-29-19-14-11-8-5-2)40-30-20-15-12-9-6-3/h26-28,37-38,50H,4-25,29-36,39-48H2,1-3H3,(H,54,58). The summed E-state index contributed by atoms with van der Waals surface area (Å²) in [5.41, 5.74) is 0.980. The summed E-state index contributed by atoms with van der Waals surface area (Å²) in [5.74, 6) is -0.0367. The highest BCUT2D eigenvalue weighted by Gasteiger charge is 2.15. The van der Waals surface area contributed by atoms with Gasteiger partial charge in [-0.25, -0.2) is 4.79 Å². The van der Waals surface area contributed by atoms with Crippen LogP contribution in [0.25, 0.3) is 0 Å².